The highest BCUT2D eigenvalue weighted by Gasteiger charge is 2.25. The molecule has 2 amide bonds. The van der Waals surface area contributed by atoms with Gasteiger partial charge in [-0.1, -0.05) is 12.1 Å². The molecule has 0 atom stereocenters. The highest BCUT2D eigenvalue weighted by molar-refractivity contribution is 5.74. The summed E-state index contributed by atoms with van der Waals surface area (Å²) >= 11 is 0. The van der Waals surface area contributed by atoms with Gasteiger partial charge in [0.1, 0.15) is 0 Å². The summed E-state index contributed by atoms with van der Waals surface area (Å²) in [5.41, 5.74) is 5.10. The highest BCUT2D eigenvalue weighted by atomic mass is 16.4. The van der Waals surface area contributed by atoms with Crippen molar-refractivity contribution in [2.45, 2.75) is 26.4 Å². The van der Waals surface area contributed by atoms with E-state index in [1.807, 2.05) is 47.1 Å². The fourth-order valence-corrected chi connectivity index (χ4v) is 3.83. The van der Waals surface area contributed by atoms with Gasteiger partial charge in [0.2, 0.25) is 5.91 Å². The lowest BCUT2D eigenvalue weighted by molar-refractivity contribution is -0.129. The first-order chi connectivity index (χ1) is 15.3. The van der Waals surface area contributed by atoms with Crippen LogP contribution in [0.25, 0.3) is 11.1 Å². The van der Waals surface area contributed by atoms with Crippen LogP contribution in [0.1, 0.15) is 18.2 Å². The summed E-state index contributed by atoms with van der Waals surface area (Å²) in [5.74, 6) is 0.849. The molecule has 3 heterocycles. The molecule has 168 valence electrons. The van der Waals surface area contributed by atoms with Crippen LogP contribution in [0.4, 0.5) is 16.3 Å². The van der Waals surface area contributed by atoms with Gasteiger partial charge in [0.15, 0.2) is 5.82 Å². The molecule has 3 aromatic rings. The van der Waals surface area contributed by atoms with Gasteiger partial charge < -0.3 is 20.2 Å². The Hall–Kier alpha value is -3.82. The minimum absolute atomic E-state index is 0.0740. The molecular weight excluding hydrogens is 410 g/mol. The van der Waals surface area contributed by atoms with E-state index in [0.717, 1.165) is 46.9 Å². The molecule has 0 spiro atoms. The summed E-state index contributed by atoms with van der Waals surface area (Å²) in [6.45, 7) is 3.74. The van der Waals surface area contributed by atoms with E-state index in [-0.39, 0.29) is 5.91 Å². The highest BCUT2D eigenvalue weighted by Crippen LogP contribution is 2.29. The van der Waals surface area contributed by atoms with E-state index < -0.39 is 6.09 Å². The number of hydrogen-bond acceptors (Lipinski definition) is 5. The summed E-state index contributed by atoms with van der Waals surface area (Å²) in [5, 5.41) is 21.3. The van der Waals surface area contributed by atoms with Gasteiger partial charge in [-0.05, 0) is 17.7 Å². The number of carbonyl (C=O) groups is 2. The minimum atomic E-state index is -0.955. The summed E-state index contributed by atoms with van der Waals surface area (Å²) in [6.07, 6.45) is 3.52. The quantitative estimate of drug-likeness (QED) is 0.614. The maximum atomic E-state index is 11.8. The summed E-state index contributed by atoms with van der Waals surface area (Å²) in [4.78, 5) is 25.8. The van der Waals surface area contributed by atoms with Crippen LogP contribution < -0.4 is 5.32 Å². The van der Waals surface area contributed by atoms with Crippen molar-refractivity contribution in [2.75, 3.05) is 25.5 Å². The molecule has 1 aliphatic heterocycles. The normalized spacial score (nSPS) is 13.0. The standard InChI is InChI=1S/C22H27N7O3/c1-15(30)28-9-8-20-19(14-28)21(25-27(20)3)24-18-6-4-16(5-7-18)17-12-23-29(13-17)11-10-26(2)22(31)32/h4-7,12-13H,8-11,14H2,1-3H3,(H,24,25)(H,31,32). The number of amides is 2. The number of likely N-dealkylation sites (N-methyl/N-ethyl adjacent to an activating group) is 1. The number of aryl methyl sites for hydroxylation is 1. The van der Waals surface area contributed by atoms with Crippen molar-refractivity contribution in [1.82, 2.24) is 29.4 Å². The van der Waals surface area contributed by atoms with Crippen molar-refractivity contribution in [2.24, 2.45) is 7.05 Å². The number of rotatable bonds is 6. The Morgan fingerprint density at radius 1 is 1.22 bits per heavy atom. The molecule has 1 aromatic carbocycles. The Morgan fingerprint density at radius 2 is 1.97 bits per heavy atom. The van der Waals surface area contributed by atoms with Gasteiger partial charge >= 0.3 is 6.09 Å². The van der Waals surface area contributed by atoms with Crippen molar-refractivity contribution in [1.29, 1.82) is 0 Å². The minimum Gasteiger partial charge on any atom is -0.465 e. The molecule has 0 unspecified atom stereocenters. The molecule has 10 nitrogen and oxygen atoms in total. The van der Waals surface area contributed by atoms with Crippen molar-refractivity contribution < 1.29 is 14.7 Å². The first-order valence-electron chi connectivity index (χ1n) is 10.5. The number of anilines is 2. The Labute approximate surface area is 186 Å². The number of carbonyl (C=O) groups excluding carboxylic acids is 1. The molecule has 0 bridgehead atoms. The van der Waals surface area contributed by atoms with Crippen molar-refractivity contribution in [3.8, 4) is 11.1 Å². The van der Waals surface area contributed by atoms with Gasteiger partial charge in [0.05, 0.1) is 19.3 Å². The molecule has 0 radical (unpaired) electrons. The Morgan fingerprint density at radius 3 is 2.66 bits per heavy atom. The van der Waals surface area contributed by atoms with Gasteiger partial charge in [-0.2, -0.15) is 10.2 Å². The molecule has 2 N–H and O–H groups in total. The van der Waals surface area contributed by atoms with Crippen LogP contribution in [0, 0.1) is 0 Å². The lowest BCUT2D eigenvalue weighted by atomic mass is 10.1. The molecule has 4 rings (SSSR count). The van der Waals surface area contributed by atoms with Gasteiger partial charge in [-0.25, -0.2) is 4.79 Å². The van der Waals surface area contributed by atoms with Crippen molar-refractivity contribution in [3.05, 3.63) is 47.9 Å². The number of nitrogens with zero attached hydrogens (tertiary/aromatic N) is 6. The molecule has 1 aliphatic rings. The molecule has 32 heavy (non-hydrogen) atoms. The molecular formula is C22H27N7O3. The summed E-state index contributed by atoms with van der Waals surface area (Å²) in [7, 11) is 3.47. The van der Waals surface area contributed by atoms with E-state index in [1.165, 1.54) is 11.9 Å². The van der Waals surface area contributed by atoms with Crippen LogP contribution in [0.2, 0.25) is 0 Å². The smallest absolute Gasteiger partial charge is 0.407 e. The Kier molecular flexibility index (Phi) is 5.85. The average Bonchev–Trinajstić information content (AvgIpc) is 3.37. The molecule has 0 fully saturated rings. The predicted molar refractivity (Wildman–Crippen MR) is 120 cm³/mol. The van der Waals surface area contributed by atoms with Crippen LogP contribution in [0.5, 0.6) is 0 Å². The van der Waals surface area contributed by atoms with Crippen molar-refractivity contribution >= 4 is 23.5 Å². The maximum absolute atomic E-state index is 11.8. The zero-order chi connectivity index (χ0) is 22.8. The van der Waals surface area contributed by atoms with Crippen molar-refractivity contribution in [3.63, 3.8) is 0 Å². The second-order valence-corrected chi connectivity index (χ2v) is 7.99. The topological polar surface area (TPSA) is 109 Å². The zero-order valence-corrected chi connectivity index (χ0v) is 18.4. The largest absolute Gasteiger partial charge is 0.465 e. The first-order valence-corrected chi connectivity index (χ1v) is 10.5. The third kappa shape index (κ3) is 4.43. The van der Waals surface area contributed by atoms with Crippen LogP contribution in [0.15, 0.2) is 36.7 Å². The van der Waals surface area contributed by atoms with E-state index in [9.17, 15) is 9.59 Å². The lowest BCUT2D eigenvalue weighted by Crippen LogP contribution is -2.34. The fraction of sp³-hybridized carbons (Fsp3) is 0.364. The van der Waals surface area contributed by atoms with Gasteiger partial charge in [-0.3, -0.25) is 14.2 Å². The molecule has 0 aliphatic carbocycles. The Bertz CT molecular complexity index is 1130. The molecule has 0 saturated heterocycles. The van der Waals surface area contributed by atoms with Gasteiger partial charge in [0, 0.05) is 69.2 Å². The molecule has 2 aromatic heterocycles. The number of aromatic nitrogens is 4. The van der Waals surface area contributed by atoms with E-state index in [0.29, 0.717) is 19.6 Å². The van der Waals surface area contributed by atoms with E-state index in [4.69, 9.17) is 5.11 Å². The zero-order valence-electron chi connectivity index (χ0n) is 18.4. The second-order valence-electron chi connectivity index (χ2n) is 7.99. The number of fused-ring (bicyclic) bond motifs is 1. The van der Waals surface area contributed by atoms with E-state index in [2.05, 4.69) is 15.5 Å². The molecule has 0 saturated carbocycles. The fourth-order valence-electron chi connectivity index (χ4n) is 3.83. The van der Waals surface area contributed by atoms with E-state index in [1.54, 1.807) is 17.8 Å². The third-order valence-corrected chi connectivity index (χ3v) is 5.79. The monoisotopic (exact) mass is 437 g/mol. The second kappa shape index (κ2) is 8.74. The van der Waals surface area contributed by atoms with E-state index >= 15 is 0 Å². The number of hydrogen-bond donors (Lipinski definition) is 2. The third-order valence-electron chi connectivity index (χ3n) is 5.79. The predicted octanol–water partition coefficient (Wildman–Crippen LogP) is 2.54. The number of benzene rings is 1. The van der Waals surface area contributed by atoms with Gasteiger partial charge in [-0.15, -0.1) is 0 Å². The first kappa shape index (κ1) is 21.4. The molecule has 10 heteroatoms. The number of carboxylic acid groups (broad SMARTS) is 1. The Balaban J connectivity index is 1.44. The van der Waals surface area contributed by atoms with Crippen LogP contribution in [-0.2, 0) is 31.4 Å². The summed E-state index contributed by atoms with van der Waals surface area (Å²) < 4.78 is 3.63. The summed E-state index contributed by atoms with van der Waals surface area (Å²) in [6, 6.07) is 7.98. The number of nitrogens with one attached hydrogen (secondary N) is 1. The SMILES string of the molecule is CC(=O)N1CCc2c(c(Nc3ccc(-c4cnn(CCN(C)C(=O)O)c4)cc3)nn2C)C1. The average molecular weight is 438 g/mol. The van der Waals surface area contributed by atoms with Gasteiger partial charge in [0.25, 0.3) is 0 Å². The van der Waals surface area contributed by atoms with Crippen LogP contribution in [-0.4, -0.2) is 66.6 Å². The van der Waals surface area contributed by atoms with Crippen LogP contribution in [0.3, 0.4) is 0 Å². The maximum Gasteiger partial charge on any atom is 0.407 e. The lowest BCUT2D eigenvalue weighted by Gasteiger charge is -2.26. The van der Waals surface area contributed by atoms with Crippen LogP contribution >= 0.6 is 0 Å².